The van der Waals surface area contributed by atoms with Crippen LogP contribution in [0.2, 0.25) is 10.0 Å². The summed E-state index contributed by atoms with van der Waals surface area (Å²) >= 11 is 14.1. The molecular weight excluding hydrogens is 535 g/mol. The molecular formula is C30H30Cl2N4OS. The molecule has 38 heavy (non-hydrogen) atoms. The van der Waals surface area contributed by atoms with Gasteiger partial charge in [-0.25, -0.2) is 0 Å². The number of likely N-dealkylation sites (tertiary alicyclic amines) is 1. The summed E-state index contributed by atoms with van der Waals surface area (Å²) in [5, 5.41) is 10.7. The number of aromatic nitrogens is 3. The van der Waals surface area contributed by atoms with Crippen LogP contribution >= 0.6 is 35.0 Å². The minimum atomic E-state index is 0.250. The molecule has 5 rings (SSSR count). The molecule has 0 saturated carbocycles. The van der Waals surface area contributed by atoms with Crippen LogP contribution in [0.25, 0.3) is 17.1 Å². The molecule has 1 aliphatic rings. The van der Waals surface area contributed by atoms with Crippen molar-refractivity contribution in [3.05, 3.63) is 94.5 Å². The van der Waals surface area contributed by atoms with Crippen LogP contribution in [-0.2, 0) is 11.2 Å². The smallest absolute Gasteiger partial charge is 0.222 e. The van der Waals surface area contributed by atoms with Crippen LogP contribution < -0.4 is 0 Å². The molecule has 1 fully saturated rings. The van der Waals surface area contributed by atoms with Gasteiger partial charge in [-0.3, -0.25) is 9.36 Å². The number of amides is 1. The van der Waals surface area contributed by atoms with Gasteiger partial charge in [0.25, 0.3) is 0 Å². The molecule has 0 N–H and O–H groups in total. The van der Waals surface area contributed by atoms with Crippen LogP contribution in [-0.4, -0.2) is 44.4 Å². The van der Waals surface area contributed by atoms with Crippen molar-refractivity contribution in [2.45, 2.75) is 37.3 Å². The van der Waals surface area contributed by atoms with Gasteiger partial charge in [0, 0.05) is 30.8 Å². The normalized spacial score (nSPS) is 14.1. The second-order valence-corrected chi connectivity index (χ2v) is 11.4. The van der Waals surface area contributed by atoms with Crippen LogP contribution in [0.15, 0.2) is 84.0 Å². The van der Waals surface area contributed by atoms with Crippen molar-refractivity contribution in [1.82, 2.24) is 19.7 Å². The van der Waals surface area contributed by atoms with Gasteiger partial charge < -0.3 is 4.90 Å². The summed E-state index contributed by atoms with van der Waals surface area (Å²) in [5.74, 6) is 2.41. The Kier molecular flexibility index (Phi) is 9.05. The van der Waals surface area contributed by atoms with E-state index < -0.39 is 0 Å². The molecule has 196 valence electrons. The van der Waals surface area contributed by atoms with Gasteiger partial charge in [-0.2, -0.15) is 0 Å². The second-order valence-electron chi connectivity index (χ2n) is 9.57. The molecule has 8 heteroatoms. The van der Waals surface area contributed by atoms with E-state index in [-0.39, 0.29) is 5.91 Å². The Morgan fingerprint density at radius 2 is 1.61 bits per heavy atom. The zero-order valence-corrected chi connectivity index (χ0v) is 23.4. The molecule has 0 bridgehead atoms. The Morgan fingerprint density at radius 1 is 0.895 bits per heavy atom. The molecule has 0 unspecified atom stereocenters. The third-order valence-corrected chi connectivity index (χ3v) is 8.68. The number of nitrogens with zero attached hydrogens (tertiary/aromatic N) is 4. The third kappa shape index (κ3) is 6.60. The number of hydrogen-bond donors (Lipinski definition) is 0. The first-order chi connectivity index (χ1) is 18.6. The highest BCUT2D eigenvalue weighted by atomic mass is 35.5. The quantitative estimate of drug-likeness (QED) is 0.155. The molecule has 1 amide bonds. The Hall–Kier alpha value is -2.80. The minimum Gasteiger partial charge on any atom is -0.343 e. The van der Waals surface area contributed by atoms with Crippen LogP contribution in [0, 0.1) is 5.92 Å². The highest BCUT2D eigenvalue weighted by Gasteiger charge is 2.23. The van der Waals surface area contributed by atoms with Crippen LogP contribution in [0.4, 0.5) is 0 Å². The van der Waals surface area contributed by atoms with Gasteiger partial charge in [0.05, 0.1) is 15.7 Å². The number of halogens is 2. The average Bonchev–Trinajstić information content (AvgIpc) is 3.38. The van der Waals surface area contributed by atoms with Crippen molar-refractivity contribution in [2.75, 3.05) is 18.8 Å². The lowest BCUT2D eigenvalue weighted by molar-refractivity contribution is -0.132. The van der Waals surface area contributed by atoms with Crippen LogP contribution in [0.3, 0.4) is 0 Å². The Morgan fingerprint density at radius 3 is 2.32 bits per heavy atom. The van der Waals surface area contributed by atoms with E-state index in [2.05, 4.69) is 40.5 Å². The first-order valence-electron chi connectivity index (χ1n) is 13.0. The molecule has 1 saturated heterocycles. The SMILES string of the molecule is O=C(CCCSc1nnc(-c2ccccc2)n1-c1ccc(Cl)c(Cl)c1)N1CCC(Cc2ccccc2)CC1. The van der Waals surface area contributed by atoms with E-state index in [0.29, 0.717) is 22.4 Å². The zero-order chi connectivity index (χ0) is 26.3. The molecule has 0 spiro atoms. The Balaban J connectivity index is 1.17. The molecule has 1 aromatic heterocycles. The van der Waals surface area contributed by atoms with Crippen molar-refractivity contribution in [3.63, 3.8) is 0 Å². The Labute approximate surface area is 238 Å². The number of carbonyl (C=O) groups is 1. The lowest BCUT2D eigenvalue weighted by Gasteiger charge is -2.32. The van der Waals surface area contributed by atoms with Crippen molar-refractivity contribution >= 4 is 40.9 Å². The van der Waals surface area contributed by atoms with Gasteiger partial charge in [0.15, 0.2) is 11.0 Å². The first kappa shape index (κ1) is 26.8. The monoisotopic (exact) mass is 564 g/mol. The molecule has 0 radical (unpaired) electrons. The number of rotatable bonds is 9. The van der Waals surface area contributed by atoms with Crippen LogP contribution in [0.5, 0.6) is 0 Å². The molecule has 4 aromatic rings. The van der Waals surface area contributed by atoms with Gasteiger partial charge in [0.1, 0.15) is 0 Å². The topological polar surface area (TPSA) is 51.0 Å². The fraction of sp³-hybridized carbons (Fsp3) is 0.300. The van der Waals surface area contributed by atoms with Gasteiger partial charge in [-0.05, 0) is 55.4 Å². The summed E-state index contributed by atoms with van der Waals surface area (Å²) in [5.41, 5.74) is 3.20. The molecule has 2 heterocycles. The highest BCUT2D eigenvalue weighted by Crippen LogP contribution is 2.32. The summed E-state index contributed by atoms with van der Waals surface area (Å²) in [6, 6.07) is 26.1. The molecule has 1 aliphatic heterocycles. The number of benzene rings is 3. The number of thioether (sulfide) groups is 1. The lowest BCUT2D eigenvalue weighted by Crippen LogP contribution is -2.38. The van der Waals surface area contributed by atoms with Gasteiger partial charge in [-0.1, -0.05) is 95.6 Å². The second kappa shape index (κ2) is 12.8. The molecule has 5 nitrogen and oxygen atoms in total. The summed E-state index contributed by atoms with van der Waals surface area (Å²) in [6.07, 6.45) is 4.57. The van der Waals surface area contributed by atoms with Crippen LogP contribution in [0.1, 0.15) is 31.2 Å². The maximum Gasteiger partial charge on any atom is 0.222 e. The van der Waals surface area contributed by atoms with Gasteiger partial charge in [0.2, 0.25) is 5.91 Å². The number of hydrogen-bond acceptors (Lipinski definition) is 4. The van der Waals surface area contributed by atoms with E-state index in [1.165, 1.54) is 5.56 Å². The number of carbonyl (C=O) groups excluding carboxylic acids is 1. The maximum atomic E-state index is 12.9. The standard InChI is InChI=1S/C30H30Cl2N4OS/c31-26-14-13-25(21-27(26)32)36-29(24-10-5-2-6-11-24)33-34-30(36)38-19-7-12-28(37)35-17-15-23(16-18-35)20-22-8-3-1-4-9-22/h1-6,8-11,13-14,21,23H,7,12,15-20H2. The highest BCUT2D eigenvalue weighted by molar-refractivity contribution is 7.99. The summed E-state index contributed by atoms with van der Waals surface area (Å²) in [7, 11) is 0. The minimum absolute atomic E-state index is 0.250. The van der Waals surface area contributed by atoms with E-state index in [4.69, 9.17) is 23.2 Å². The van der Waals surface area contributed by atoms with Crippen molar-refractivity contribution in [2.24, 2.45) is 5.92 Å². The molecule has 3 aromatic carbocycles. The first-order valence-corrected chi connectivity index (χ1v) is 14.7. The van der Waals surface area contributed by atoms with Gasteiger partial charge >= 0.3 is 0 Å². The van der Waals surface area contributed by atoms with E-state index >= 15 is 0 Å². The largest absolute Gasteiger partial charge is 0.343 e. The fourth-order valence-corrected chi connectivity index (χ4v) is 6.06. The van der Waals surface area contributed by atoms with E-state index in [1.54, 1.807) is 17.8 Å². The summed E-state index contributed by atoms with van der Waals surface area (Å²) in [6.45, 7) is 1.71. The lowest BCUT2D eigenvalue weighted by atomic mass is 9.90. The maximum absolute atomic E-state index is 12.9. The Bertz CT molecular complexity index is 1360. The van der Waals surface area contributed by atoms with E-state index in [0.717, 1.165) is 66.8 Å². The third-order valence-electron chi connectivity index (χ3n) is 6.93. The zero-order valence-electron chi connectivity index (χ0n) is 21.1. The fourth-order valence-electron chi connectivity index (χ4n) is 4.87. The van der Waals surface area contributed by atoms with E-state index in [9.17, 15) is 4.79 Å². The van der Waals surface area contributed by atoms with Crippen molar-refractivity contribution < 1.29 is 4.79 Å². The predicted octanol–water partition coefficient (Wildman–Crippen LogP) is 7.59. The summed E-state index contributed by atoms with van der Waals surface area (Å²) < 4.78 is 2.00. The van der Waals surface area contributed by atoms with Crippen molar-refractivity contribution in [1.29, 1.82) is 0 Å². The molecule has 0 aliphatic carbocycles. The van der Waals surface area contributed by atoms with Gasteiger partial charge in [-0.15, -0.1) is 10.2 Å². The van der Waals surface area contributed by atoms with Crippen molar-refractivity contribution in [3.8, 4) is 17.1 Å². The molecule has 0 atom stereocenters. The average molecular weight is 566 g/mol. The van der Waals surface area contributed by atoms with E-state index in [1.807, 2.05) is 51.9 Å². The predicted molar refractivity (Wildman–Crippen MR) is 156 cm³/mol. The summed E-state index contributed by atoms with van der Waals surface area (Å²) in [4.78, 5) is 14.9. The number of piperidine rings is 1.